The number of carbonyl (C=O) groups excluding carboxylic acids is 2. The monoisotopic (exact) mass is 643 g/mol. The minimum atomic E-state index is -1.35. The van der Waals surface area contributed by atoms with Gasteiger partial charge in [-0.1, -0.05) is 31.9 Å². The van der Waals surface area contributed by atoms with E-state index in [1.165, 1.54) is 12.1 Å². The summed E-state index contributed by atoms with van der Waals surface area (Å²) in [4.78, 5) is 20.9. The van der Waals surface area contributed by atoms with Crippen LogP contribution in [0.1, 0.15) is 20.7 Å². The smallest absolute Gasteiger partial charge is 0.592 e. The number of hydrogen-bond donors (Lipinski definition) is 0. The van der Waals surface area contributed by atoms with E-state index in [0.29, 0.717) is 17.9 Å². The molecule has 25 heavy (non-hydrogen) atoms. The first kappa shape index (κ1) is 24.4. The summed E-state index contributed by atoms with van der Waals surface area (Å²) < 4.78 is 2.06. The normalized spacial score (nSPS) is 9.44. The molecule has 0 atom stereocenters. The van der Waals surface area contributed by atoms with Crippen LogP contribution in [-0.2, 0) is 17.1 Å². The Morgan fingerprint density at radius 3 is 1.24 bits per heavy atom. The van der Waals surface area contributed by atoms with Crippen LogP contribution in [0.2, 0.25) is 0 Å². The molecule has 2 rings (SSSR count). The summed E-state index contributed by atoms with van der Waals surface area (Å²) in [6.45, 7) is 0. The van der Waals surface area contributed by atoms with Gasteiger partial charge in [0.25, 0.3) is 11.5 Å². The minimum absolute atomic E-state index is 0. The first-order chi connectivity index (χ1) is 11.0. The van der Waals surface area contributed by atoms with E-state index in [-0.39, 0.29) is 39.7 Å². The van der Waals surface area contributed by atoms with Crippen LogP contribution in [0, 0.1) is 0 Å². The van der Waals surface area contributed by atoms with Gasteiger partial charge in [-0.2, -0.15) is 0 Å². The predicted octanol–water partition coefficient (Wildman–Crippen LogP) is 2.02. The van der Waals surface area contributed by atoms with E-state index in [4.69, 9.17) is 10.2 Å². The number of hydrogen-bond acceptors (Lipinski definition) is 4. The second-order valence-electron chi connectivity index (χ2n) is 4.20. The van der Waals surface area contributed by atoms with Gasteiger partial charge in [-0.15, -0.1) is 0 Å². The van der Waals surface area contributed by atoms with Crippen molar-refractivity contribution in [2.75, 3.05) is 0 Å². The van der Waals surface area contributed by atoms with Crippen LogP contribution in [0.4, 0.5) is 0 Å². The fourth-order valence-electron chi connectivity index (χ4n) is 1.47. The Morgan fingerprint density at radius 1 is 0.720 bits per heavy atom. The summed E-state index contributed by atoms with van der Waals surface area (Å²) in [7, 11) is 0. The zero-order valence-electron chi connectivity index (χ0n) is 11.8. The predicted molar refractivity (Wildman–Crippen MR) is 98.5 cm³/mol. The molecule has 0 unspecified atom stereocenters. The second kappa shape index (κ2) is 10.5. The number of halogens is 4. The molecular formula is C14H8Br4MnO6+2. The molecule has 0 saturated heterocycles. The Morgan fingerprint density at radius 2 is 1.00 bits per heavy atom. The number of carbonyl (C=O) groups is 2. The zero-order valence-corrected chi connectivity index (χ0v) is 19.4. The van der Waals surface area contributed by atoms with Gasteiger partial charge < -0.3 is 30.0 Å². The SMILES string of the molecule is O=C([O-])c1cc(Br)cc(Br)c1[OH2+].O=C([O-])c1cc(Br)cc(Br)c1[OH2+].[Mn+2]. The van der Waals surface area contributed by atoms with Crippen molar-refractivity contribution in [1.82, 2.24) is 0 Å². The molecule has 0 aliphatic rings. The Hall–Kier alpha value is -0.581. The topological polar surface area (TPSA) is 126 Å². The van der Waals surface area contributed by atoms with E-state index in [9.17, 15) is 19.8 Å². The molecule has 11 heteroatoms. The molecule has 2 aromatic carbocycles. The summed E-state index contributed by atoms with van der Waals surface area (Å²) in [5.74, 6) is -2.83. The quantitative estimate of drug-likeness (QED) is 0.366. The van der Waals surface area contributed by atoms with Gasteiger partial charge in [-0.3, -0.25) is 0 Å². The molecule has 1 radical (unpaired) electrons. The maximum atomic E-state index is 10.5. The van der Waals surface area contributed by atoms with Crippen LogP contribution in [-0.4, -0.2) is 22.2 Å². The molecule has 0 aliphatic heterocycles. The van der Waals surface area contributed by atoms with E-state index in [2.05, 4.69) is 63.7 Å². The van der Waals surface area contributed by atoms with Gasteiger partial charge in [-0.25, -0.2) is 0 Å². The minimum Gasteiger partial charge on any atom is -0.592 e. The Bertz CT molecular complexity index is 745. The van der Waals surface area contributed by atoms with Gasteiger partial charge in [-0.05, 0) is 56.1 Å². The van der Waals surface area contributed by atoms with Crippen LogP contribution < -0.4 is 10.2 Å². The summed E-state index contributed by atoms with van der Waals surface area (Å²) in [6, 6.07) is 5.88. The van der Waals surface area contributed by atoms with Crippen LogP contribution in [0.25, 0.3) is 0 Å². The van der Waals surface area contributed by atoms with Gasteiger partial charge in [0.2, 0.25) is 0 Å². The summed E-state index contributed by atoms with van der Waals surface area (Å²) in [5.41, 5.74) is -0.257. The third-order valence-corrected chi connectivity index (χ3v) is 4.72. The summed E-state index contributed by atoms with van der Waals surface area (Å²) in [6.07, 6.45) is 0. The maximum Gasteiger partial charge on any atom is 2.00 e. The van der Waals surface area contributed by atoms with Crippen molar-refractivity contribution < 1.29 is 47.1 Å². The van der Waals surface area contributed by atoms with E-state index in [0.717, 1.165) is 0 Å². The second-order valence-corrected chi connectivity index (χ2v) is 7.74. The van der Waals surface area contributed by atoms with E-state index >= 15 is 0 Å². The fraction of sp³-hybridized carbons (Fsp3) is 0. The number of carboxylic acids is 2. The van der Waals surface area contributed by atoms with Gasteiger partial charge in [0.1, 0.15) is 8.95 Å². The molecule has 0 heterocycles. The van der Waals surface area contributed by atoms with Crippen molar-refractivity contribution >= 4 is 75.7 Å². The van der Waals surface area contributed by atoms with Gasteiger partial charge in [0.15, 0.2) is 0 Å². The van der Waals surface area contributed by atoms with Crippen LogP contribution >= 0.6 is 63.7 Å². The van der Waals surface area contributed by atoms with Crippen molar-refractivity contribution in [3.8, 4) is 11.5 Å². The van der Waals surface area contributed by atoms with E-state index < -0.39 is 11.9 Å². The molecule has 0 amide bonds. The van der Waals surface area contributed by atoms with Crippen LogP contribution in [0.3, 0.4) is 0 Å². The molecule has 4 N–H and O–H groups in total. The number of benzene rings is 2. The molecule has 6 nitrogen and oxygen atoms in total. The first-order valence-electron chi connectivity index (χ1n) is 5.88. The Labute approximate surface area is 186 Å². The fourth-order valence-corrected chi connectivity index (χ4v) is 3.92. The Kier molecular flexibility index (Phi) is 10.3. The van der Waals surface area contributed by atoms with Crippen molar-refractivity contribution in [2.45, 2.75) is 0 Å². The van der Waals surface area contributed by atoms with Crippen molar-refractivity contribution in [1.29, 1.82) is 0 Å². The van der Waals surface area contributed by atoms with Crippen LogP contribution in [0.5, 0.6) is 11.5 Å². The molecule has 0 fully saturated rings. The molecule has 0 saturated carbocycles. The number of rotatable bonds is 2. The molecule has 0 bridgehead atoms. The van der Waals surface area contributed by atoms with Gasteiger partial charge in [0, 0.05) is 8.95 Å². The number of carboxylic acid groups (broad SMARTS) is 2. The third kappa shape index (κ3) is 6.91. The van der Waals surface area contributed by atoms with Crippen molar-refractivity contribution in [3.63, 3.8) is 0 Å². The standard InChI is InChI=1S/2C7H4Br2O3.Mn/c2*8-3-1-4(7(11)12)6(10)5(9)2-3;/h2*1-2,10H,(H,11,12);/q;;+2. The zero-order chi connectivity index (χ0) is 18.6. The average Bonchev–Trinajstić information content (AvgIpc) is 2.46. The van der Waals surface area contributed by atoms with E-state index in [1.54, 1.807) is 12.1 Å². The Balaban J connectivity index is 0.000000443. The van der Waals surface area contributed by atoms with Crippen LogP contribution in [0.15, 0.2) is 42.2 Å². The molecule has 133 valence electrons. The molecule has 0 spiro atoms. The average molecular weight is 647 g/mol. The number of aromatic carboxylic acids is 2. The summed E-state index contributed by atoms with van der Waals surface area (Å²) in [5, 5.41) is 35.6. The summed E-state index contributed by atoms with van der Waals surface area (Å²) >= 11 is 12.3. The molecule has 0 aliphatic carbocycles. The van der Waals surface area contributed by atoms with Gasteiger partial charge in [0.05, 0.1) is 23.1 Å². The first-order valence-corrected chi connectivity index (χ1v) is 9.05. The molecule has 0 aromatic heterocycles. The third-order valence-electron chi connectivity index (χ3n) is 2.55. The van der Waals surface area contributed by atoms with Crippen molar-refractivity contribution in [2.24, 2.45) is 0 Å². The largest absolute Gasteiger partial charge is 2.00 e. The molecular weight excluding hydrogens is 639 g/mol. The molecule has 2 aromatic rings. The maximum absolute atomic E-state index is 10.5. The van der Waals surface area contributed by atoms with Gasteiger partial charge >= 0.3 is 17.1 Å². The van der Waals surface area contributed by atoms with E-state index in [1.807, 2.05) is 0 Å². The van der Waals surface area contributed by atoms with Crippen molar-refractivity contribution in [3.05, 3.63) is 53.3 Å².